The fourth-order valence-electron chi connectivity index (χ4n) is 1.27. The first kappa shape index (κ1) is 11.2. The van der Waals surface area contributed by atoms with E-state index in [1.54, 1.807) is 18.2 Å². The molecule has 0 fully saturated rings. The van der Waals surface area contributed by atoms with Crippen LogP contribution in [0.25, 0.3) is 0 Å². The van der Waals surface area contributed by atoms with Gasteiger partial charge in [0, 0.05) is 0 Å². The second-order valence-corrected chi connectivity index (χ2v) is 7.00. The van der Waals surface area contributed by atoms with Crippen LogP contribution < -0.4 is 0 Å². The third kappa shape index (κ3) is 1.76. The van der Waals surface area contributed by atoms with E-state index < -0.39 is 18.7 Å². The minimum Gasteiger partial charge on any atom is -0.235 e. The Labute approximate surface area is 102 Å². The average molecular weight is 285 g/mol. The van der Waals surface area contributed by atoms with E-state index in [9.17, 15) is 8.42 Å². The van der Waals surface area contributed by atoms with E-state index in [-0.39, 0.29) is 4.90 Å². The van der Waals surface area contributed by atoms with Crippen LogP contribution in [0.2, 0.25) is 0 Å². The van der Waals surface area contributed by atoms with E-state index in [1.807, 2.05) is 0 Å². The maximum absolute atomic E-state index is 11.8. The lowest BCUT2D eigenvalue weighted by atomic mass is 10.3. The van der Waals surface area contributed by atoms with Gasteiger partial charge in [0.25, 0.3) is 0 Å². The molecule has 0 spiro atoms. The normalized spacial score (nSPS) is 18.5. The van der Waals surface area contributed by atoms with Gasteiger partial charge in [-0.3, -0.25) is 0 Å². The fraction of sp³-hybridized carbons (Fsp3) is 0.125. The molecule has 0 aliphatic carbocycles. The van der Waals surface area contributed by atoms with Gasteiger partial charge in [-0.15, -0.1) is 0 Å². The van der Waals surface area contributed by atoms with Gasteiger partial charge < -0.3 is 0 Å². The summed E-state index contributed by atoms with van der Waals surface area (Å²) in [4.78, 5) is 3.88. The molecular weight excluding hydrogens is 281 g/mol. The summed E-state index contributed by atoms with van der Waals surface area (Å²) >= 11 is 16.6. The van der Waals surface area contributed by atoms with Gasteiger partial charge in [0.05, 0.1) is 10.6 Å². The topological polar surface area (TPSA) is 46.5 Å². The molecule has 0 unspecified atom stereocenters. The standard InChI is InChI=1S/C8H4Cl3NO2S/c9-8(10,11)7-12-5-3-1-2-4-6(5)15(7,13)14/h1-4H. The molecule has 1 heterocycles. The van der Waals surface area contributed by atoms with Gasteiger partial charge in [-0.25, -0.2) is 13.4 Å². The van der Waals surface area contributed by atoms with Crippen LogP contribution in [-0.2, 0) is 9.84 Å². The molecule has 0 bridgehead atoms. The molecule has 0 aromatic heterocycles. The first-order valence-electron chi connectivity index (χ1n) is 3.83. The molecule has 3 nitrogen and oxygen atoms in total. The Balaban J connectivity index is 2.70. The highest BCUT2D eigenvalue weighted by Crippen LogP contribution is 2.41. The minimum absolute atomic E-state index is 0.0753. The molecule has 80 valence electrons. The Kier molecular flexibility index (Phi) is 2.50. The van der Waals surface area contributed by atoms with Crippen LogP contribution in [-0.4, -0.2) is 17.3 Å². The third-order valence-electron chi connectivity index (χ3n) is 1.87. The molecule has 7 heteroatoms. The molecule has 0 amide bonds. The molecule has 1 aromatic rings. The second-order valence-electron chi connectivity index (χ2n) is 2.89. The Morgan fingerprint density at radius 2 is 1.73 bits per heavy atom. The molecular formula is C8H4Cl3NO2S. The number of rotatable bonds is 0. The van der Waals surface area contributed by atoms with Crippen LogP contribution in [0, 0.1) is 0 Å². The second kappa shape index (κ2) is 3.35. The number of aliphatic imine (C=N–C) groups is 1. The lowest BCUT2D eigenvalue weighted by Gasteiger charge is -2.09. The predicted octanol–water partition coefficient (Wildman–Crippen LogP) is 2.87. The number of para-hydroxylation sites is 1. The first-order chi connectivity index (χ1) is 6.83. The molecule has 15 heavy (non-hydrogen) atoms. The number of sulfone groups is 1. The van der Waals surface area contributed by atoms with E-state index >= 15 is 0 Å². The highest BCUT2D eigenvalue weighted by Gasteiger charge is 2.43. The van der Waals surface area contributed by atoms with Crippen molar-refractivity contribution >= 4 is 55.4 Å². The molecule has 1 aliphatic heterocycles. The van der Waals surface area contributed by atoms with Crippen molar-refractivity contribution in [3.05, 3.63) is 24.3 Å². The van der Waals surface area contributed by atoms with Gasteiger partial charge in [-0.05, 0) is 12.1 Å². The first-order valence-corrected chi connectivity index (χ1v) is 6.45. The summed E-state index contributed by atoms with van der Waals surface area (Å²) in [6.45, 7) is 0. The van der Waals surface area contributed by atoms with Gasteiger partial charge in [-0.1, -0.05) is 46.9 Å². The number of fused-ring (bicyclic) bond motifs is 1. The Bertz CT molecular complexity index is 545. The van der Waals surface area contributed by atoms with Crippen molar-refractivity contribution < 1.29 is 8.42 Å². The summed E-state index contributed by atoms with van der Waals surface area (Å²) in [6, 6.07) is 6.24. The smallest absolute Gasteiger partial charge is 0.235 e. The number of alkyl halides is 3. The quantitative estimate of drug-likeness (QED) is 0.688. The van der Waals surface area contributed by atoms with Crippen molar-refractivity contribution in [1.29, 1.82) is 0 Å². The number of hydrogen-bond acceptors (Lipinski definition) is 3. The Morgan fingerprint density at radius 1 is 1.13 bits per heavy atom. The van der Waals surface area contributed by atoms with Crippen LogP contribution >= 0.6 is 34.8 Å². The fourth-order valence-corrected chi connectivity index (χ4v) is 3.69. The van der Waals surface area contributed by atoms with Gasteiger partial charge in [-0.2, -0.15) is 0 Å². The number of nitrogens with zero attached hydrogens (tertiary/aromatic N) is 1. The van der Waals surface area contributed by atoms with Gasteiger partial charge in [0.1, 0.15) is 0 Å². The molecule has 0 N–H and O–H groups in total. The molecule has 2 rings (SSSR count). The zero-order valence-electron chi connectivity index (χ0n) is 7.12. The molecule has 0 radical (unpaired) electrons. The summed E-state index contributed by atoms with van der Waals surface area (Å²) in [5.74, 6) is 0. The zero-order valence-corrected chi connectivity index (χ0v) is 10.2. The van der Waals surface area contributed by atoms with Crippen molar-refractivity contribution in [2.24, 2.45) is 4.99 Å². The monoisotopic (exact) mass is 283 g/mol. The Morgan fingerprint density at radius 3 is 2.27 bits per heavy atom. The highest BCUT2D eigenvalue weighted by atomic mass is 35.6. The number of hydrogen-bond donors (Lipinski definition) is 0. The number of halogens is 3. The van der Waals surface area contributed by atoms with Crippen LogP contribution in [0.15, 0.2) is 34.2 Å². The van der Waals surface area contributed by atoms with Crippen molar-refractivity contribution in [3.8, 4) is 0 Å². The van der Waals surface area contributed by atoms with Crippen LogP contribution in [0.4, 0.5) is 5.69 Å². The lowest BCUT2D eigenvalue weighted by molar-refractivity contribution is 0.608. The summed E-state index contributed by atoms with van der Waals surface area (Å²) in [5.41, 5.74) is 0.304. The average Bonchev–Trinajstić information content (AvgIpc) is 2.39. The zero-order chi connectivity index (χ0) is 11.3. The highest BCUT2D eigenvalue weighted by molar-refractivity contribution is 8.07. The third-order valence-corrected chi connectivity index (χ3v) is 4.58. The summed E-state index contributed by atoms with van der Waals surface area (Å²) < 4.78 is 21.7. The largest absolute Gasteiger partial charge is 0.244 e. The maximum Gasteiger partial charge on any atom is 0.244 e. The molecule has 0 atom stereocenters. The SMILES string of the molecule is O=S1(=O)C(C(Cl)(Cl)Cl)=Nc2ccccc21. The predicted molar refractivity (Wildman–Crippen MR) is 61.0 cm³/mol. The van der Waals surface area contributed by atoms with Crippen molar-refractivity contribution in [3.63, 3.8) is 0 Å². The Hall–Kier alpha value is -0.290. The van der Waals surface area contributed by atoms with Crippen LogP contribution in [0.3, 0.4) is 0 Å². The molecule has 0 saturated carbocycles. The number of benzene rings is 1. The van der Waals surface area contributed by atoms with Crippen molar-refractivity contribution in [1.82, 2.24) is 0 Å². The maximum atomic E-state index is 11.8. The van der Waals surface area contributed by atoms with Crippen molar-refractivity contribution in [2.45, 2.75) is 8.69 Å². The molecule has 1 aliphatic rings. The molecule has 0 saturated heterocycles. The summed E-state index contributed by atoms with van der Waals surface area (Å²) in [5, 5.41) is -0.443. The van der Waals surface area contributed by atoms with Gasteiger partial charge in [0.2, 0.25) is 13.6 Å². The van der Waals surface area contributed by atoms with E-state index in [2.05, 4.69) is 4.99 Å². The van der Waals surface area contributed by atoms with Crippen molar-refractivity contribution in [2.75, 3.05) is 0 Å². The van der Waals surface area contributed by atoms with E-state index in [1.165, 1.54) is 6.07 Å². The van der Waals surface area contributed by atoms with Gasteiger partial charge >= 0.3 is 0 Å². The van der Waals surface area contributed by atoms with E-state index in [0.29, 0.717) is 5.69 Å². The van der Waals surface area contributed by atoms with E-state index in [0.717, 1.165) is 0 Å². The van der Waals surface area contributed by atoms with Gasteiger partial charge in [0.15, 0.2) is 5.04 Å². The summed E-state index contributed by atoms with van der Waals surface area (Å²) in [7, 11) is -3.75. The molecule has 1 aromatic carbocycles. The van der Waals surface area contributed by atoms with E-state index in [4.69, 9.17) is 34.8 Å². The lowest BCUT2D eigenvalue weighted by Crippen LogP contribution is -2.25. The minimum atomic E-state index is -3.75. The summed E-state index contributed by atoms with van der Waals surface area (Å²) in [6.07, 6.45) is 0. The van der Waals surface area contributed by atoms with Crippen LogP contribution in [0.1, 0.15) is 0 Å². The van der Waals surface area contributed by atoms with Crippen LogP contribution in [0.5, 0.6) is 0 Å².